The molecule has 9 heteroatoms. The highest BCUT2D eigenvalue weighted by molar-refractivity contribution is 6.04. The molecule has 0 aromatic heterocycles. The smallest absolute Gasteiger partial charge is 0.249 e. The maximum absolute atomic E-state index is 14.8. The summed E-state index contributed by atoms with van der Waals surface area (Å²) in [5, 5.41) is 10.6. The molecule has 0 radical (unpaired) electrons. The molecular formula is C34H47N3O6. The minimum Gasteiger partial charge on any atom is -0.494 e. The van der Waals surface area contributed by atoms with Crippen molar-refractivity contribution in [3.63, 3.8) is 0 Å². The van der Waals surface area contributed by atoms with Gasteiger partial charge in [0.15, 0.2) is 0 Å². The molecular weight excluding hydrogens is 546 g/mol. The van der Waals surface area contributed by atoms with Crippen LogP contribution in [0.15, 0.2) is 48.6 Å². The van der Waals surface area contributed by atoms with Crippen LogP contribution in [0.4, 0.5) is 5.69 Å². The monoisotopic (exact) mass is 593 g/mol. The summed E-state index contributed by atoms with van der Waals surface area (Å²) in [6.07, 6.45) is 10.7. The Morgan fingerprint density at radius 2 is 1.70 bits per heavy atom. The number of ether oxygens (including phenoxy) is 2. The van der Waals surface area contributed by atoms with Crippen LogP contribution in [0.1, 0.15) is 60.3 Å². The molecule has 2 fully saturated rings. The first-order valence-corrected chi connectivity index (χ1v) is 16.0. The molecule has 3 amide bonds. The van der Waals surface area contributed by atoms with Crippen molar-refractivity contribution in [1.82, 2.24) is 9.80 Å². The largest absolute Gasteiger partial charge is 0.494 e. The van der Waals surface area contributed by atoms with Gasteiger partial charge in [0.05, 0.1) is 36.7 Å². The van der Waals surface area contributed by atoms with Gasteiger partial charge in [0.2, 0.25) is 17.7 Å². The fourth-order valence-electron chi connectivity index (χ4n) is 7.59. The summed E-state index contributed by atoms with van der Waals surface area (Å²) in [4.78, 5) is 49.1. The van der Waals surface area contributed by atoms with E-state index in [1.54, 1.807) is 14.7 Å². The van der Waals surface area contributed by atoms with Crippen LogP contribution in [-0.4, -0.2) is 88.8 Å². The average molecular weight is 594 g/mol. The van der Waals surface area contributed by atoms with Crippen LogP contribution >= 0.6 is 0 Å². The topological polar surface area (TPSA) is 99.6 Å². The minimum atomic E-state index is -1.33. The molecule has 4 aliphatic heterocycles. The first-order chi connectivity index (χ1) is 20.7. The molecule has 0 saturated carbocycles. The molecule has 0 aliphatic carbocycles. The number of hydrogen-bond donors (Lipinski definition) is 1. The Morgan fingerprint density at radius 1 is 0.977 bits per heavy atom. The fourth-order valence-corrected chi connectivity index (χ4v) is 7.59. The van der Waals surface area contributed by atoms with Crippen LogP contribution in [0, 0.1) is 17.8 Å². The molecule has 5 rings (SSSR count). The highest BCUT2D eigenvalue weighted by Crippen LogP contribution is 2.59. The number of carbonyl (C=O) groups is 3. The van der Waals surface area contributed by atoms with Crippen LogP contribution < -0.4 is 9.64 Å². The Morgan fingerprint density at radius 3 is 2.33 bits per heavy atom. The third kappa shape index (κ3) is 4.98. The molecule has 7 atom stereocenters. The summed E-state index contributed by atoms with van der Waals surface area (Å²) < 4.78 is 12.7. The predicted octanol–water partition coefficient (Wildman–Crippen LogP) is 3.95. The average Bonchev–Trinajstić information content (AvgIpc) is 3.31. The summed E-state index contributed by atoms with van der Waals surface area (Å²) in [7, 11) is 0. The molecule has 234 valence electrons. The number of hydrogen-bond acceptors (Lipinski definition) is 6. The maximum atomic E-state index is 14.8. The van der Waals surface area contributed by atoms with Crippen LogP contribution in [-0.2, 0) is 19.1 Å². The highest BCUT2D eigenvalue weighted by Gasteiger charge is 2.76. The Kier molecular flexibility index (Phi) is 9.05. The molecule has 1 unspecified atom stereocenters. The van der Waals surface area contributed by atoms with Gasteiger partial charge < -0.3 is 29.3 Å². The van der Waals surface area contributed by atoms with E-state index < -0.39 is 35.1 Å². The Balaban J connectivity index is 1.64. The number of likely N-dealkylation sites (tertiary alicyclic amines) is 1. The molecule has 1 spiro atoms. The number of fused-ring (bicyclic) bond motifs is 2. The summed E-state index contributed by atoms with van der Waals surface area (Å²) in [6, 6.07) is 5.85. The number of rotatable bonds is 11. The Labute approximate surface area is 255 Å². The second kappa shape index (κ2) is 12.4. The van der Waals surface area contributed by atoms with Crippen molar-refractivity contribution < 1.29 is 29.0 Å². The van der Waals surface area contributed by atoms with E-state index in [0.717, 1.165) is 25.0 Å². The summed E-state index contributed by atoms with van der Waals surface area (Å²) >= 11 is 0. The van der Waals surface area contributed by atoms with Gasteiger partial charge in [-0.3, -0.25) is 14.4 Å². The summed E-state index contributed by atoms with van der Waals surface area (Å²) in [5.41, 5.74) is -1.69. The second-order valence-electron chi connectivity index (χ2n) is 12.3. The van der Waals surface area contributed by atoms with Crippen molar-refractivity contribution in [2.45, 2.75) is 83.6 Å². The van der Waals surface area contributed by atoms with Crippen LogP contribution in [0.25, 0.3) is 0 Å². The standard InChI is InChI=1S/C34H47N3O6/c1-6-10-19-35-20-12-18-34-28(31(40)37(29(34)32(35)41)26(22-38)23(5)7-2)27-30(39)36(21-11-17-33(27,8-3)43-34)24-13-15-25(16-14-24)42-9-4/h11-18,23,26-29,38H,6-10,19-22H2,1-5H3/t23-,26-,27+,28-,29?,33-,34-/m0/s1. The predicted molar refractivity (Wildman–Crippen MR) is 165 cm³/mol. The summed E-state index contributed by atoms with van der Waals surface area (Å²) in [5.74, 6) is -1.79. The second-order valence-corrected chi connectivity index (χ2v) is 12.3. The van der Waals surface area contributed by atoms with Crippen molar-refractivity contribution in [2.75, 3.05) is 37.7 Å². The zero-order valence-corrected chi connectivity index (χ0v) is 26.2. The molecule has 43 heavy (non-hydrogen) atoms. The lowest BCUT2D eigenvalue weighted by atomic mass is 9.73. The number of unbranched alkanes of at least 4 members (excludes halogenated alkanes) is 1. The van der Waals surface area contributed by atoms with Crippen LogP contribution in [0.5, 0.6) is 5.75 Å². The first kappa shape index (κ1) is 31.3. The SMILES string of the molecule is CCCCN1CC=C[C@]23O[C@@]4(CC)C=CCN(c5ccc(OCC)cc5)C(=O)[C@H]4[C@H]2C(=O)N([C@@H](CO)[C@@H](C)CC)C3C1=O. The van der Waals surface area contributed by atoms with Gasteiger partial charge in [0, 0.05) is 25.3 Å². The Bertz CT molecular complexity index is 1260. The normalized spacial score (nSPS) is 31.4. The van der Waals surface area contributed by atoms with Gasteiger partial charge in [-0.15, -0.1) is 0 Å². The first-order valence-electron chi connectivity index (χ1n) is 16.0. The van der Waals surface area contributed by atoms with E-state index in [9.17, 15) is 19.5 Å². The number of aliphatic hydroxyl groups excluding tert-OH is 1. The van der Waals surface area contributed by atoms with E-state index in [-0.39, 0.29) is 30.2 Å². The Hall–Kier alpha value is -3.17. The molecule has 1 aromatic rings. The van der Waals surface area contributed by atoms with Crippen molar-refractivity contribution >= 4 is 23.4 Å². The molecule has 9 nitrogen and oxygen atoms in total. The maximum Gasteiger partial charge on any atom is 0.249 e. The lowest BCUT2D eigenvalue weighted by molar-refractivity contribution is -0.156. The zero-order valence-electron chi connectivity index (χ0n) is 26.2. The number of carbonyl (C=O) groups excluding carboxylic acids is 3. The van der Waals surface area contributed by atoms with E-state index in [1.807, 2.05) is 76.3 Å². The van der Waals surface area contributed by atoms with Crippen molar-refractivity contribution in [3.8, 4) is 5.75 Å². The number of benzene rings is 1. The van der Waals surface area contributed by atoms with Crippen molar-refractivity contribution in [1.29, 1.82) is 0 Å². The number of aliphatic hydroxyl groups is 1. The molecule has 1 N–H and O–H groups in total. The zero-order chi connectivity index (χ0) is 30.9. The fraction of sp³-hybridized carbons (Fsp3) is 0.618. The van der Waals surface area contributed by atoms with Gasteiger partial charge in [-0.2, -0.15) is 0 Å². The van der Waals surface area contributed by atoms with Gasteiger partial charge in [0.1, 0.15) is 17.4 Å². The number of amides is 3. The van der Waals surface area contributed by atoms with Gasteiger partial charge in [-0.05, 0) is 49.9 Å². The summed E-state index contributed by atoms with van der Waals surface area (Å²) in [6.45, 7) is 11.6. The molecule has 0 bridgehead atoms. The van der Waals surface area contributed by atoms with E-state index in [1.165, 1.54) is 0 Å². The quantitative estimate of drug-likeness (QED) is 0.390. The van der Waals surface area contributed by atoms with Gasteiger partial charge >= 0.3 is 0 Å². The van der Waals surface area contributed by atoms with E-state index in [0.29, 0.717) is 38.3 Å². The van der Waals surface area contributed by atoms with Gasteiger partial charge in [0.25, 0.3) is 0 Å². The third-order valence-electron chi connectivity index (χ3n) is 10.0. The van der Waals surface area contributed by atoms with E-state index >= 15 is 0 Å². The van der Waals surface area contributed by atoms with Crippen molar-refractivity contribution in [3.05, 3.63) is 48.6 Å². The lowest BCUT2D eigenvalue weighted by Gasteiger charge is -2.42. The number of anilines is 1. The molecule has 1 aromatic carbocycles. The van der Waals surface area contributed by atoms with Gasteiger partial charge in [-0.1, -0.05) is 64.8 Å². The van der Waals surface area contributed by atoms with Crippen LogP contribution in [0.3, 0.4) is 0 Å². The number of nitrogens with zero attached hydrogens (tertiary/aromatic N) is 3. The molecule has 4 aliphatic rings. The minimum absolute atomic E-state index is 0.0602. The lowest BCUT2D eigenvalue weighted by Crippen LogP contribution is -2.60. The molecule has 4 heterocycles. The van der Waals surface area contributed by atoms with Crippen LogP contribution in [0.2, 0.25) is 0 Å². The van der Waals surface area contributed by atoms with Crippen molar-refractivity contribution in [2.24, 2.45) is 17.8 Å². The highest BCUT2D eigenvalue weighted by atomic mass is 16.5. The van der Waals surface area contributed by atoms with E-state index in [2.05, 4.69) is 6.92 Å². The van der Waals surface area contributed by atoms with Gasteiger partial charge in [-0.25, -0.2) is 0 Å². The third-order valence-corrected chi connectivity index (χ3v) is 10.0. The molecule has 2 saturated heterocycles. The van der Waals surface area contributed by atoms with E-state index in [4.69, 9.17) is 9.47 Å².